The molecule has 19 heavy (non-hydrogen) atoms. The van der Waals surface area contributed by atoms with Gasteiger partial charge in [-0.1, -0.05) is 0 Å². The van der Waals surface area contributed by atoms with Crippen molar-refractivity contribution in [1.29, 1.82) is 0 Å². The van der Waals surface area contributed by atoms with Gasteiger partial charge in [0.25, 0.3) is 5.91 Å². The van der Waals surface area contributed by atoms with Crippen LogP contribution in [0.2, 0.25) is 0 Å². The van der Waals surface area contributed by atoms with E-state index in [4.69, 9.17) is 10.5 Å². The molecule has 0 spiro atoms. The number of carbonyl (C=O) groups excluding carboxylic acids is 2. The number of fused-ring (bicyclic) bond motifs is 1. The first-order valence-electron chi connectivity index (χ1n) is 6.25. The number of nitrogens with one attached hydrogen (secondary N) is 2. The van der Waals surface area contributed by atoms with Crippen molar-refractivity contribution in [2.75, 3.05) is 23.8 Å². The zero-order chi connectivity index (χ0) is 13.7. The van der Waals surface area contributed by atoms with Gasteiger partial charge in [-0.25, -0.2) is 0 Å². The first kappa shape index (κ1) is 13.4. The van der Waals surface area contributed by atoms with Gasteiger partial charge in [0.1, 0.15) is 5.75 Å². The van der Waals surface area contributed by atoms with Gasteiger partial charge >= 0.3 is 0 Å². The molecule has 0 saturated heterocycles. The second kappa shape index (κ2) is 6.19. The minimum absolute atomic E-state index is 0.0256. The van der Waals surface area contributed by atoms with Gasteiger partial charge in [0.15, 0.2) is 6.61 Å². The minimum Gasteiger partial charge on any atom is -0.482 e. The molecule has 1 aromatic rings. The maximum atomic E-state index is 11.6. The van der Waals surface area contributed by atoms with E-state index in [0.717, 1.165) is 12.8 Å². The molecule has 0 aliphatic carbocycles. The number of hydrogen-bond acceptors (Lipinski definition) is 4. The van der Waals surface area contributed by atoms with Gasteiger partial charge in [-0.2, -0.15) is 0 Å². The predicted molar refractivity (Wildman–Crippen MR) is 72.1 cm³/mol. The Hall–Kier alpha value is -2.08. The molecular formula is C13H17N3O3. The average Bonchev–Trinajstić information content (AvgIpc) is 2.38. The molecule has 0 aromatic heterocycles. The molecule has 0 radical (unpaired) electrons. The zero-order valence-corrected chi connectivity index (χ0v) is 10.6. The molecule has 2 rings (SSSR count). The summed E-state index contributed by atoms with van der Waals surface area (Å²) in [5.74, 6) is 0.358. The van der Waals surface area contributed by atoms with E-state index in [9.17, 15) is 9.59 Å². The van der Waals surface area contributed by atoms with E-state index in [0.29, 0.717) is 30.1 Å². The van der Waals surface area contributed by atoms with Crippen LogP contribution in [0.5, 0.6) is 5.75 Å². The third-order valence-electron chi connectivity index (χ3n) is 2.75. The monoisotopic (exact) mass is 263 g/mol. The largest absolute Gasteiger partial charge is 0.482 e. The number of unbranched alkanes of at least 4 members (excludes halogenated alkanes) is 1. The van der Waals surface area contributed by atoms with Crippen molar-refractivity contribution in [2.45, 2.75) is 19.3 Å². The third-order valence-corrected chi connectivity index (χ3v) is 2.75. The molecule has 1 aliphatic heterocycles. The van der Waals surface area contributed by atoms with Crippen LogP contribution >= 0.6 is 0 Å². The van der Waals surface area contributed by atoms with E-state index in [1.165, 1.54) is 0 Å². The van der Waals surface area contributed by atoms with E-state index in [1.54, 1.807) is 18.2 Å². The summed E-state index contributed by atoms with van der Waals surface area (Å²) in [5, 5.41) is 5.47. The molecule has 0 fully saturated rings. The van der Waals surface area contributed by atoms with Crippen LogP contribution in [0, 0.1) is 0 Å². The Labute approximate surface area is 111 Å². The molecular weight excluding hydrogens is 246 g/mol. The van der Waals surface area contributed by atoms with Crippen molar-refractivity contribution >= 4 is 23.2 Å². The number of ether oxygens (including phenoxy) is 1. The molecule has 102 valence electrons. The summed E-state index contributed by atoms with van der Waals surface area (Å²) in [7, 11) is 0. The normalized spacial score (nSPS) is 13.2. The van der Waals surface area contributed by atoms with Gasteiger partial charge in [0.05, 0.1) is 5.69 Å². The van der Waals surface area contributed by atoms with E-state index in [1.807, 2.05) is 0 Å². The molecule has 0 atom stereocenters. The Morgan fingerprint density at radius 3 is 3.05 bits per heavy atom. The highest BCUT2D eigenvalue weighted by atomic mass is 16.5. The van der Waals surface area contributed by atoms with Crippen molar-refractivity contribution in [3.63, 3.8) is 0 Å². The summed E-state index contributed by atoms with van der Waals surface area (Å²) in [6, 6.07) is 5.16. The fourth-order valence-electron chi connectivity index (χ4n) is 1.81. The second-order valence-corrected chi connectivity index (χ2v) is 4.34. The van der Waals surface area contributed by atoms with Gasteiger partial charge < -0.3 is 21.1 Å². The number of carbonyl (C=O) groups is 2. The van der Waals surface area contributed by atoms with Gasteiger partial charge in [-0.3, -0.25) is 9.59 Å². The Morgan fingerprint density at radius 2 is 2.26 bits per heavy atom. The standard InChI is InChI=1S/C13H17N3O3/c14-6-2-1-3-12(17)15-9-4-5-11-10(7-9)16-13(18)8-19-11/h4-5,7H,1-3,6,8,14H2,(H,15,17)(H,16,18). The van der Waals surface area contributed by atoms with E-state index in [2.05, 4.69) is 10.6 Å². The molecule has 2 amide bonds. The van der Waals surface area contributed by atoms with E-state index < -0.39 is 0 Å². The molecule has 1 heterocycles. The lowest BCUT2D eigenvalue weighted by atomic mass is 10.2. The Kier molecular flexibility index (Phi) is 4.35. The number of hydrogen-bond donors (Lipinski definition) is 3. The number of amides is 2. The number of anilines is 2. The minimum atomic E-state index is -0.195. The van der Waals surface area contributed by atoms with E-state index in [-0.39, 0.29) is 18.4 Å². The van der Waals surface area contributed by atoms with Crippen molar-refractivity contribution in [3.05, 3.63) is 18.2 Å². The number of benzene rings is 1. The maximum Gasteiger partial charge on any atom is 0.262 e. The highest BCUT2D eigenvalue weighted by molar-refractivity contribution is 5.97. The fraction of sp³-hybridized carbons (Fsp3) is 0.385. The predicted octanol–water partition coefficient (Wildman–Crippen LogP) is 1.08. The van der Waals surface area contributed by atoms with Crippen molar-refractivity contribution < 1.29 is 14.3 Å². The second-order valence-electron chi connectivity index (χ2n) is 4.34. The molecule has 6 heteroatoms. The van der Waals surface area contributed by atoms with Gasteiger partial charge in [0, 0.05) is 12.1 Å². The Balaban J connectivity index is 1.96. The van der Waals surface area contributed by atoms with Crippen LogP contribution in [0.4, 0.5) is 11.4 Å². The number of rotatable bonds is 5. The Bertz CT molecular complexity index is 488. The van der Waals surface area contributed by atoms with Crippen molar-refractivity contribution in [1.82, 2.24) is 0 Å². The van der Waals surface area contributed by atoms with Crippen LogP contribution < -0.4 is 21.1 Å². The van der Waals surface area contributed by atoms with Gasteiger partial charge in [-0.15, -0.1) is 0 Å². The van der Waals surface area contributed by atoms with Gasteiger partial charge in [0.2, 0.25) is 5.91 Å². The van der Waals surface area contributed by atoms with Crippen LogP contribution in [-0.4, -0.2) is 25.0 Å². The summed E-state index contributed by atoms with van der Waals surface area (Å²) in [6.45, 7) is 0.618. The smallest absolute Gasteiger partial charge is 0.262 e. The lowest BCUT2D eigenvalue weighted by Crippen LogP contribution is -2.25. The quantitative estimate of drug-likeness (QED) is 0.693. The molecule has 1 aliphatic rings. The number of nitrogens with two attached hydrogens (primary N) is 1. The zero-order valence-electron chi connectivity index (χ0n) is 10.6. The first-order chi connectivity index (χ1) is 9.19. The van der Waals surface area contributed by atoms with Gasteiger partial charge in [-0.05, 0) is 37.6 Å². The summed E-state index contributed by atoms with van der Waals surface area (Å²) in [4.78, 5) is 22.8. The summed E-state index contributed by atoms with van der Waals surface area (Å²) >= 11 is 0. The SMILES string of the molecule is NCCCCC(=O)Nc1ccc2c(c1)NC(=O)CO2. The first-order valence-corrected chi connectivity index (χ1v) is 6.25. The summed E-state index contributed by atoms with van der Waals surface area (Å²) in [6.07, 6.45) is 2.05. The fourth-order valence-corrected chi connectivity index (χ4v) is 1.81. The van der Waals surface area contributed by atoms with Crippen LogP contribution in [0.3, 0.4) is 0 Å². The van der Waals surface area contributed by atoms with Crippen LogP contribution in [0.15, 0.2) is 18.2 Å². The highest BCUT2D eigenvalue weighted by Gasteiger charge is 2.16. The van der Waals surface area contributed by atoms with Crippen LogP contribution in [-0.2, 0) is 9.59 Å². The van der Waals surface area contributed by atoms with E-state index >= 15 is 0 Å². The lowest BCUT2D eigenvalue weighted by Gasteiger charge is -2.18. The molecule has 0 saturated carbocycles. The average molecular weight is 263 g/mol. The topological polar surface area (TPSA) is 93.5 Å². The Morgan fingerprint density at radius 1 is 1.42 bits per heavy atom. The van der Waals surface area contributed by atoms with Crippen molar-refractivity contribution in [2.24, 2.45) is 5.73 Å². The molecule has 1 aromatic carbocycles. The molecule has 4 N–H and O–H groups in total. The maximum absolute atomic E-state index is 11.6. The van der Waals surface area contributed by atoms with Crippen LogP contribution in [0.25, 0.3) is 0 Å². The third kappa shape index (κ3) is 3.69. The van der Waals surface area contributed by atoms with Crippen LogP contribution in [0.1, 0.15) is 19.3 Å². The molecule has 0 unspecified atom stereocenters. The van der Waals surface area contributed by atoms with Crippen molar-refractivity contribution in [3.8, 4) is 5.75 Å². The molecule has 0 bridgehead atoms. The highest BCUT2D eigenvalue weighted by Crippen LogP contribution is 2.30. The summed E-state index contributed by atoms with van der Waals surface area (Å²) < 4.78 is 5.24. The molecule has 6 nitrogen and oxygen atoms in total. The summed E-state index contributed by atoms with van der Waals surface area (Å²) in [5.41, 5.74) is 6.59. The lowest BCUT2D eigenvalue weighted by molar-refractivity contribution is -0.118.